The second-order valence-corrected chi connectivity index (χ2v) is 4.26. The molecule has 0 aromatic carbocycles. The zero-order valence-corrected chi connectivity index (χ0v) is 9.66. The van der Waals surface area contributed by atoms with Crippen molar-refractivity contribution in [3.05, 3.63) is 23.3 Å². The van der Waals surface area contributed by atoms with Gasteiger partial charge in [-0.3, -0.25) is 0 Å². The number of nitriles is 1. The van der Waals surface area contributed by atoms with Crippen molar-refractivity contribution >= 4 is 0 Å². The molecule has 4 nitrogen and oxygen atoms in total. The van der Waals surface area contributed by atoms with Crippen LogP contribution in [0.3, 0.4) is 0 Å². The Bertz CT molecular complexity index is 432. The molecule has 0 saturated carbocycles. The van der Waals surface area contributed by atoms with Crippen LogP contribution in [0.4, 0.5) is 0 Å². The predicted octanol–water partition coefficient (Wildman–Crippen LogP) is 1.53. The van der Waals surface area contributed by atoms with Crippen LogP contribution in [-0.4, -0.2) is 23.2 Å². The summed E-state index contributed by atoms with van der Waals surface area (Å²) in [7, 11) is 0. The van der Waals surface area contributed by atoms with E-state index in [1.807, 2.05) is 13.0 Å². The molecule has 0 unspecified atom stereocenters. The van der Waals surface area contributed by atoms with E-state index in [0.717, 1.165) is 24.2 Å². The van der Waals surface area contributed by atoms with E-state index in [1.54, 1.807) is 0 Å². The summed E-state index contributed by atoms with van der Waals surface area (Å²) in [5, 5.41) is 9.19. The zero-order valence-electron chi connectivity index (χ0n) is 9.66. The highest BCUT2D eigenvalue weighted by atomic mass is 16.5. The van der Waals surface area contributed by atoms with Gasteiger partial charge in [0.25, 0.3) is 0 Å². The lowest BCUT2D eigenvalue weighted by Crippen LogP contribution is -2.47. The first-order valence-corrected chi connectivity index (χ1v) is 5.54. The minimum atomic E-state index is -0.603. The van der Waals surface area contributed by atoms with Crippen LogP contribution in [0.5, 0.6) is 0 Å². The van der Waals surface area contributed by atoms with Gasteiger partial charge < -0.3 is 4.74 Å². The van der Waals surface area contributed by atoms with E-state index in [1.165, 1.54) is 0 Å². The fourth-order valence-corrected chi connectivity index (χ4v) is 1.78. The quantitative estimate of drug-likeness (QED) is 0.770. The summed E-state index contributed by atoms with van der Waals surface area (Å²) < 4.78 is 5.12. The second kappa shape index (κ2) is 4.18. The normalized spacial score (nSPS) is 17.6. The molecular formula is C12H15N3O. The molecule has 1 aromatic heterocycles. The first kappa shape index (κ1) is 11.0. The zero-order chi connectivity index (χ0) is 11.6. The van der Waals surface area contributed by atoms with Gasteiger partial charge in [0.2, 0.25) is 0 Å². The minimum Gasteiger partial charge on any atom is -0.377 e. The standard InChI is InChI=1S/C12H15N3O/c1-3-4-10-5-9(2)14-11(15-10)12(6-13)7-16-8-12/h5H,3-4,7-8H2,1-2H3. The lowest BCUT2D eigenvalue weighted by Gasteiger charge is -2.33. The largest absolute Gasteiger partial charge is 0.377 e. The fourth-order valence-electron chi connectivity index (χ4n) is 1.78. The van der Waals surface area contributed by atoms with Gasteiger partial charge in [-0.15, -0.1) is 0 Å². The molecule has 1 aromatic rings. The Kier molecular flexibility index (Phi) is 2.88. The number of aromatic nitrogens is 2. The highest BCUT2D eigenvalue weighted by Gasteiger charge is 2.44. The fraction of sp³-hybridized carbons (Fsp3) is 0.583. The molecule has 1 aliphatic heterocycles. The van der Waals surface area contributed by atoms with Crippen LogP contribution in [0.2, 0.25) is 0 Å². The van der Waals surface area contributed by atoms with Crippen LogP contribution in [0.25, 0.3) is 0 Å². The van der Waals surface area contributed by atoms with Crippen molar-refractivity contribution in [1.82, 2.24) is 9.97 Å². The van der Waals surface area contributed by atoms with Gasteiger partial charge in [0.1, 0.15) is 0 Å². The van der Waals surface area contributed by atoms with Gasteiger partial charge in [0.15, 0.2) is 11.2 Å². The molecule has 0 aliphatic carbocycles. The number of hydrogen-bond acceptors (Lipinski definition) is 4. The number of rotatable bonds is 3. The molecule has 0 atom stereocenters. The lowest BCUT2D eigenvalue weighted by molar-refractivity contribution is -0.0340. The van der Waals surface area contributed by atoms with Crippen LogP contribution in [-0.2, 0) is 16.6 Å². The first-order valence-electron chi connectivity index (χ1n) is 5.54. The Hall–Kier alpha value is -1.47. The smallest absolute Gasteiger partial charge is 0.163 e. The maximum atomic E-state index is 9.19. The second-order valence-electron chi connectivity index (χ2n) is 4.26. The Morgan fingerprint density at radius 2 is 2.25 bits per heavy atom. The van der Waals surface area contributed by atoms with E-state index in [9.17, 15) is 5.26 Å². The van der Waals surface area contributed by atoms with Crippen LogP contribution in [0.15, 0.2) is 6.07 Å². The maximum absolute atomic E-state index is 9.19. The molecule has 0 bridgehead atoms. The molecule has 0 radical (unpaired) electrons. The third-order valence-electron chi connectivity index (χ3n) is 2.75. The number of nitrogens with zero attached hydrogens (tertiary/aromatic N) is 3. The molecule has 0 amide bonds. The monoisotopic (exact) mass is 217 g/mol. The highest BCUT2D eigenvalue weighted by Crippen LogP contribution is 2.29. The molecule has 2 rings (SSSR count). The van der Waals surface area contributed by atoms with Crippen molar-refractivity contribution in [1.29, 1.82) is 5.26 Å². The summed E-state index contributed by atoms with van der Waals surface area (Å²) in [6.45, 7) is 4.88. The molecule has 0 spiro atoms. The number of aryl methyl sites for hydroxylation is 2. The predicted molar refractivity (Wildman–Crippen MR) is 58.9 cm³/mol. The summed E-state index contributed by atoms with van der Waals surface area (Å²) in [6.07, 6.45) is 1.98. The lowest BCUT2D eigenvalue weighted by atomic mass is 9.86. The number of ether oxygens (including phenoxy) is 1. The van der Waals surface area contributed by atoms with E-state index in [-0.39, 0.29) is 0 Å². The summed E-state index contributed by atoms with van der Waals surface area (Å²) >= 11 is 0. The van der Waals surface area contributed by atoms with E-state index >= 15 is 0 Å². The van der Waals surface area contributed by atoms with E-state index in [2.05, 4.69) is 23.0 Å². The summed E-state index contributed by atoms with van der Waals surface area (Å²) in [6, 6.07) is 4.26. The van der Waals surface area contributed by atoms with Gasteiger partial charge in [0.05, 0.1) is 19.3 Å². The molecule has 2 heterocycles. The summed E-state index contributed by atoms with van der Waals surface area (Å²) in [5.41, 5.74) is 1.34. The number of hydrogen-bond donors (Lipinski definition) is 0. The molecule has 1 saturated heterocycles. The van der Waals surface area contributed by atoms with Crippen molar-refractivity contribution < 1.29 is 4.74 Å². The summed E-state index contributed by atoms with van der Waals surface area (Å²) in [5.74, 6) is 0.629. The van der Waals surface area contributed by atoms with Crippen molar-refractivity contribution in [3.63, 3.8) is 0 Å². The van der Waals surface area contributed by atoms with Gasteiger partial charge in [-0.25, -0.2) is 9.97 Å². The van der Waals surface area contributed by atoms with Crippen molar-refractivity contribution in [3.8, 4) is 6.07 Å². The van der Waals surface area contributed by atoms with Crippen LogP contribution >= 0.6 is 0 Å². The molecule has 84 valence electrons. The molecular weight excluding hydrogens is 202 g/mol. The molecule has 1 fully saturated rings. The molecule has 16 heavy (non-hydrogen) atoms. The van der Waals surface area contributed by atoms with Crippen LogP contribution < -0.4 is 0 Å². The summed E-state index contributed by atoms with van der Waals surface area (Å²) in [4.78, 5) is 8.84. The third kappa shape index (κ3) is 1.79. The Morgan fingerprint density at radius 1 is 1.50 bits per heavy atom. The Balaban J connectivity index is 2.37. The van der Waals surface area contributed by atoms with E-state index < -0.39 is 5.41 Å². The van der Waals surface area contributed by atoms with Gasteiger partial charge in [-0.05, 0) is 19.4 Å². The average molecular weight is 217 g/mol. The SMILES string of the molecule is CCCc1cc(C)nc(C2(C#N)COC2)n1. The minimum absolute atomic E-state index is 0.415. The van der Waals surface area contributed by atoms with Crippen molar-refractivity contribution in [2.24, 2.45) is 0 Å². The van der Waals surface area contributed by atoms with Crippen LogP contribution in [0.1, 0.15) is 30.6 Å². The van der Waals surface area contributed by atoms with Crippen molar-refractivity contribution in [2.45, 2.75) is 32.1 Å². The molecule has 4 heteroatoms. The molecule has 1 aliphatic rings. The first-order chi connectivity index (χ1) is 7.70. The Morgan fingerprint density at radius 3 is 2.75 bits per heavy atom. The average Bonchev–Trinajstić information content (AvgIpc) is 2.16. The topological polar surface area (TPSA) is 58.8 Å². The molecule has 0 N–H and O–H groups in total. The van der Waals surface area contributed by atoms with E-state index in [0.29, 0.717) is 19.0 Å². The third-order valence-corrected chi connectivity index (χ3v) is 2.75. The van der Waals surface area contributed by atoms with Crippen molar-refractivity contribution in [2.75, 3.05) is 13.2 Å². The highest BCUT2D eigenvalue weighted by molar-refractivity contribution is 5.27. The van der Waals surface area contributed by atoms with E-state index in [4.69, 9.17) is 4.74 Å². The van der Waals surface area contributed by atoms with Gasteiger partial charge >= 0.3 is 0 Å². The van der Waals surface area contributed by atoms with Gasteiger partial charge in [0, 0.05) is 11.4 Å². The van der Waals surface area contributed by atoms with Gasteiger partial charge in [-0.1, -0.05) is 13.3 Å². The Labute approximate surface area is 95.3 Å². The maximum Gasteiger partial charge on any atom is 0.163 e. The van der Waals surface area contributed by atoms with Gasteiger partial charge in [-0.2, -0.15) is 5.26 Å². The van der Waals surface area contributed by atoms with Crippen LogP contribution in [0, 0.1) is 18.3 Å².